The van der Waals surface area contributed by atoms with Gasteiger partial charge in [-0.25, -0.2) is 17.9 Å². The van der Waals surface area contributed by atoms with Crippen molar-refractivity contribution in [2.75, 3.05) is 12.4 Å². The zero-order chi connectivity index (χ0) is 22.9. The highest BCUT2D eigenvalue weighted by Crippen LogP contribution is 2.41. The predicted octanol–water partition coefficient (Wildman–Crippen LogP) is 3.54. The van der Waals surface area contributed by atoms with E-state index in [9.17, 15) is 18.0 Å². The molecule has 1 aliphatic carbocycles. The summed E-state index contributed by atoms with van der Waals surface area (Å²) < 4.78 is 33.7. The number of fused-ring (bicyclic) bond motifs is 1. The minimum Gasteiger partial charge on any atom is -0.465 e. The Balaban J connectivity index is 1.64. The van der Waals surface area contributed by atoms with Crippen LogP contribution >= 0.6 is 0 Å². The molecule has 1 aliphatic heterocycles. The molecule has 2 aromatic rings. The SMILES string of the molecule is COC(=O)c1cccc(CC2(C)C(=O)Nc3ccc(S(=O)(=O)NC4CCCCC4)cc32)c1. The first kappa shape index (κ1) is 22.5. The molecule has 0 saturated heterocycles. The average Bonchev–Trinajstić information content (AvgIpc) is 3.03. The first-order valence-corrected chi connectivity index (χ1v) is 12.4. The number of esters is 1. The molecule has 2 aliphatic rings. The summed E-state index contributed by atoms with van der Waals surface area (Å²) in [6.07, 6.45) is 5.20. The monoisotopic (exact) mass is 456 g/mol. The maximum absolute atomic E-state index is 13.0. The van der Waals surface area contributed by atoms with E-state index in [1.807, 2.05) is 6.07 Å². The molecular weight excluding hydrogens is 428 g/mol. The van der Waals surface area contributed by atoms with Crippen molar-refractivity contribution in [2.45, 2.75) is 61.8 Å². The van der Waals surface area contributed by atoms with Gasteiger partial charge in [-0.1, -0.05) is 31.4 Å². The van der Waals surface area contributed by atoms with Crippen molar-refractivity contribution in [2.24, 2.45) is 0 Å². The molecule has 32 heavy (non-hydrogen) atoms. The lowest BCUT2D eigenvalue weighted by Crippen LogP contribution is -2.36. The molecule has 1 unspecified atom stereocenters. The second-order valence-corrected chi connectivity index (χ2v) is 10.5. The predicted molar refractivity (Wildman–Crippen MR) is 121 cm³/mol. The van der Waals surface area contributed by atoms with Gasteiger partial charge in [-0.05, 0) is 67.6 Å². The van der Waals surface area contributed by atoms with Crippen LogP contribution in [0.3, 0.4) is 0 Å². The number of nitrogens with one attached hydrogen (secondary N) is 2. The minimum atomic E-state index is -3.69. The molecule has 4 rings (SSSR count). The number of hydrogen-bond acceptors (Lipinski definition) is 5. The topological polar surface area (TPSA) is 102 Å². The minimum absolute atomic E-state index is 0.0470. The van der Waals surface area contributed by atoms with Crippen LogP contribution in [-0.4, -0.2) is 33.4 Å². The summed E-state index contributed by atoms with van der Waals surface area (Å²) >= 11 is 0. The Hall–Kier alpha value is -2.71. The summed E-state index contributed by atoms with van der Waals surface area (Å²) in [4.78, 5) is 25.0. The largest absolute Gasteiger partial charge is 0.465 e. The number of methoxy groups -OCH3 is 1. The van der Waals surface area contributed by atoms with Gasteiger partial charge in [0.15, 0.2) is 0 Å². The smallest absolute Gasteiger partial charge is 0.337 e. The number of carbonyl (C=O) groups excluding carboxylic acids is 2. The Kier molecular flexibility index (Phi) is 6.09. The molecule has 2 N–H and O–H groups in total. The Bertz CT molecular complexity index is 1150. The fraction of sp³-hybridized carbons (Fsp3) is 0.417. The molecular formula is C24H28N2O5S. The average molecular weight is 457 g/mol. The van der Waals surface area contributed by atoms with Crippen LogP contribution in [0.5, 0.6) is 0 Å². The Labute approximate surface area is 188 Å². The Morgan fingerprint density at radius 1 is 1.16 bits per heavy atom. The van der Waals surface area contributed by atoms with Gasteiger partial charge in [0.2, 0.25) is 15.9 Å². The lowest BCUT2D eigenvalue weighted by molar-refractivity contribution is -0.120. The van der Waals surface area contributed by atoms with Crippen molar-refractivity contribution < 1.29 is 22.7 Å². The summed E-state index contributed by atoms with van der Waals surface area (Å²) in [5.41, 5.74) is 1.46. The molecule has 0 spiro atoms. The number of sulfonamides is 1. The van der Waals surface area contributed by atoms with Crippen molar-refractivity contribution in [1.29, 1.82) is 0 Å². The fourth-order valence-electron chi connectivity index (χ4n) is 4.66. The highest BCUT2D eigenvalue weighted by atomic mass is 32.2. The number of anilines is 1. The van der Waals surface area contributed by atoms with Gasteiger partial charge in [0.25, 0.3) is 0 Å². The second kappa shape index (κ2) is 8.67. The zero-order valence-corrected chi connectivity index (χ0v) is 19.1. The van der Waals surface area contributed by atoms with Crippen LogP contribution in [0.15, 0.2) is 47.4 Å². The van der Waals surface area contributed by atoms with E-state index in [2.05, 4.69) is 10.0 Å². The molecule has 0 radical (unpaired) electrons. The second-order valence-electron chi connectivity index (χ2n) is 8.82. The normalized spacial score (nSPS) is 21.1. The first-order chi connectivity index (χ1) is 15.2. The van der Waals surface area contributed by atoms with Gasteiger partial charge in [0, 0.05) is 11.7 Å². The summed E-state index contributed by atoms with van der Waals surface area (Å²) in [7, 11) is -2.37. The lowest BCUT2D eigenvalue weighted by atomic mass is 9.78. The standard InChI is InChI=1S/C24H28N2O5S/c1-24(15-16-7-6-8-17(13-16)22(27)31-2)20-14-19(11-12-21(20)25-23(24)28)32(29,30)26-18-9-4-3-5-10-18/h6-8,11-14,18,26H,3-5,9-10,15H2,1-2H3,(H,25,28). The Morgan fingerprint density at radius 3 is 2.62 bits per heavy atom. The van der Waals surface area contributed by atoms with Crippen molar-refractivity contribution in [3.63, 3.8) is 0 Å². The summed E-state index contributed by atoms with van der Waals surface area (Å²) in [6, 6.07) is 11.7. The van der Waals surface area contributed by atoms with Gasteiger partial charge in [0.05, 0.1) is 23.0 Å². The van der Waals surface area contributed by atoms with Crippen LogP contribution in [0.4, 0.5) is 5.69 Å². The van der Waals surface area contributed by atoms with Crippen LogP contribution in [-0.2, 0) is 31.4 Å². The van der Waals surface area contributed by atoms with Crippen molar-refractivity contribution in [1.82, 2.24) is 4.72 Å². The van der Waals surface area contributed by atoms with Gasteiger partial charge in [-0.15, -0.1) is 0 Å². The number of benzene rings is 2. The third-order valence-corrected chi connectivity index (χ3v) is 8.00. The third-order valence-electron chi connectivity index (χ3n) is 6.48. The van der Waals surface area contributed by atoms with E-state index < -0.39 is 21.4 Å². The van der Waals surface area contributed by atoms with E-state index >= 15 is 0 Å². The fourth-order valence-corrected chi connectivity index (χ4v) is 5.99. The maximum atomic E-state index is 13.0. The molecule has 7 nitrogen and oxygen atoms in total. The third kappa shape index (κ3) is 4.29. The van der Waals surface area contributed by atoms with Gasteiger partial charge in [-0.3, -0.25) is 4.79 Å². The van der Waals surface area contributed by atoms with E-state index in [0.29, 0.717) is 23.2 Å². The van der Waals surface area contributed by atoms with Crippen LogP contribution in [0.2, 0.25) is 0 Å². The summed E-state index contributed by atoms with van der Waals surface area (Å²) in [5.74, 6) is -0.652. The molecule has 0 bridgehead atoms. The lowest BCUT2D eigenvalue weighted by Gasteiger charge is -2.24. The molecule has 1 amide bonds. The van der Waals surface area contributed by atoms with Crippen LogP contribution in [0.1, 0.15) is 60.5 Å². The molecule has 1 heterocycles. The summed E-state index contributed by atoms with van der Waals surface area (Å²) in [6.45, 7) is 1.80. The number of carbonyl (C=O) groups is 2. The van der Waals surface area contributed by atoms with Gasteiger partial charge >= 0.3 is 5.97 Å². The molecule has 1 saturated carbocycles. The summed E-state index contributed by atoms with van der Waals surface area (Å²) in [5, 5.41) is 2.87. The van der Waals surface area contributed by atoms with Crippen molar-refractivity contribution in [3.05, 3.63) is 59.2 Å². The Morgan fingerprint density at radius 2 is 1.91 bits per heavy atom. The highest BCUT2D eigenvalue weighted by molar-refractivity contribution is 7.89. The molecule has 1 fully saturated rings. The maximum Gasteiger partial charge on any atom is 0.337 e. The van der Waals surface area contributed by atoms with E-state index in [0.717, 1.165) is 37.7 Å². The van der Waals surface area contributed by atoms with Crippen LogP contribution in [0.25, 0.3) is 0 Å². The number of amides is 1. The van der Waals surface area contributed by atoms with E-state index in [4.69, 9.17) is 4.74 Å². The van der Waals surface area contributed by atoms with Crippen LogP contribution in [0, 0.1) is 0 Å². The first-order valence-electron chi connectivity index (χ1n) is 10.9. The molecule has 1 atom stereocenters. The zero-order valence-electron chi connectivity index (χ0n) is 18.3. The van der Waals surface area contributed by atoms with Crippen molar-refractivity contribution in [3.8, 4) is 0 Å². The molecule has 0 aromatic heterocycles. The van der Waals surface area contributed by atoms with Crippen LogP contribution < -0.4 is 10.0 Å². The van der Waals surface area contributed by atoms with Crippen molar-refractivity contribution >= 4 is 27.6 Å². The van der Waals surface area contributed by atoms with E-state index in [-0.39, 0.29) is 16.8 Å². The number of hydrogen-bond donors (Lipinski definition) is 2. The molecule has 8 heteroatoms. The number of rotatable bonds is 6. The highest BCUT2D eigenvalue weighted by Gasteiger charge is 2.43. The number of ether oxygens (including phenoxy) is 1. The van der Waals surface area contributed by atoms with Gasteiger partial charge < -0.3 is 10.1 Å². The van der Waals surface area contributed by atoms with Gasteiger partial charge in [0.1, 0.15) is 0 Å². The quantitative estimate of drug-likeness (QED) is 0.648. The van der Waals surface area contributed by atoms with E-state index in [1.165, 1.54) is 13.2 Å². The molecule has 2 aromatic carbocycles. The van der Waals surface area contributed by atoms with E-state index in [1.54, 1.807) is 37.3 Å². The van der Waals surface area contributed by atoms with Gasteiger partial charge in [-0.2, -0.15) is 0 Å². The molecule has 170 valence electrons.